The van der Waals surface area contributed by atoms with Crippen LogP contribution in [-0.2, 0) is 4.74 Å². The normalized spacial score (nSPS) is 10.6. The maximum Gasteiger partial charge on any atom is 0.339 e. The average Bonchev–Trinajstić information content (AvgIpc) is 2.21. The molecule has 1 aromatic rings. The lowest BCUT2D eigenvalue weighted by molar-refractivity contribution is 0.0488. The molecule has 0 saturated carbocycles. The van der Waals surface area contributed by atoms with Gasteiger partial charge >= 0.3 is 5.97 Å². The highest BCUT2D eigenvalue weighted by Crippen LogP contribution is 2.19. The summed E-state index contributed by atoms with van der Waals surface area (Å²) in [7, 11) is 0. The Kier molecular flexibility index (Phi) is 5.03. The lowest BCUT2D eigenvalue weighted by atomic mass is 10.1. The Hall–Kier alpha value is -0.800. The number of esters is 1. The van der Waals surface area contributed by atoms with Crippen LogP contribution in [0, 0.1) is 5.92 Å². The third-order valence-electron chi connectivity index (χ3n) is 1.97. The molecule has 16 heavy (non-hydrogen) atoms. The van der Waals surface area contributed by atoms with E-state index in [1.165, 1.54) is 12.3 Å². The predicted octanol–water partition coefficient (Wildman–Crippen LogP) is 3.59. The number of aromatic nitrogens is 1. The van der Waals surface area contributed by atoms with Crippen LogP contribution >= 0.6 is 23.2 Å². The molecule has 1 heterocycles. The molecule has 0 atom stereocenters. The van der Waals surface area contributed by atoms with Gasteiger partial charge < -0.3 is 4.74 Å². The first-order chi connectivity index (χ1) is 7.50. The fourth-order valence-electron chi connectivity index (χ4n) is 1.03. The van der Waals surface area contributed by atoms with Gasteiger partial charge in [-0.2, -0.15) is 0 Å². The molecular formula is C11H13Cl2NO2. The Morgan fingerprint density at radius 1 is 1.50 bits per heavy atom. The molecule has 0 bridgehead atoms. The van der Waals surface area contributed by atoms with Crippen LogP contribution in [0.15, 0.2) is 12.3 Å². The van der Waals surface area contributed by atoms with E-state index in [9.17, 15) is 4.79 Å². The van der Waals surface area contributed by atoms with Gasteiger partial charge in [0.2, 0.25) is 0 Å². The summed E-state index contributed by atoms with van der Waals surface area (Å²) in [5.74, 6) is 0.0271. The second-order valence-corrected chi connectivity index (χ2v) is 4.60. The standard InChI is InChI=1S/C11H13Cl2NO2/c1-7(2)3-4-16-11(15)8-5-10(13)14-6-9(8)12/h5-7H,3-4H2,1-2H3. The molecule has 1 aromatic heterocycles. The highest BCUT2D eigenvalue weighted by atomic mass is 35.5. The van der Waals surface area contributed by atoms with Crippen molar-refractivity contribution in [3.63, 3.8) is 0 Å². The number of rotatable bonds is 4. The van der Waals surface area contributed by atoms with Crippen LogP contribution in [-0.4, -0.2) is 17.6 Å². The van der Waals surface area contributed by atoms with Crippen LogP contribution in [0.5, 0.6) is 0 Å². The SMILES string of the molecule is CC(C)CCOC(=O)c1cc(Cl)ncc1Cl. The molecule has 0 aliphatic heterocycles. The zero-order valence-corrected chi connectivity index (χ0v) is 10.7. The molecule has 1 rings (SSSR count). The largest absolute Gasteiger partial charge is 0.462 e. The summed E-state index contributed by atoms with van der Waals surface area (Å²) in [5, 5.41) is 0.471. The number of nitrogens with zero attached hydrogens (tertiary/aromatic N) is 1. The maximum atomic E-state index is 11.6. The molecule has 0 aliphatic rings. The summed E-state index contributed by atoms with van der Waals surface area (Å²) in [5.41, 5.74) is 0.255. The molecule has 0 N–H and O–H groups in total. The first kappa shape index (κ1) is 13.3. The number of carbonyl (C=O) groups excluding carboxylic acids is 1. The fraction of sp³-hybridized carbons (Fsp3) is 0.455. The molecule has 0 saturated heterocycles. The van der Waals surface area contributed by atoms with Crippen LogP contribution in [0.3, 0.4) is 0 Å². The van der Waals surface area contributed by atoms with Crippen molar-refractivity contribution < 1.29 is 9.53 Å². The van der Waals surface area contributed by atoms with E-state index in [2.05, 4.69) is 18.8 Å². The second kappa shape index (κ2) is 6.06. The molecule has 3 nitrogen and oxygen atoms in total. The molecule has 0 radical (unpaired) electrons. The minimum Gasteiger partial charge on any atom is -0.462 e. The Balaban J connectivity index is 2.62. The van der Waals surface area contributed by atoms with Gasteiger partial charge in [-0.3, -0.25) is 0 Å². The summed E-state index contributed by atoms with van der Waals surface area (Å²) in [4.78, 5) is 15.4. The Morgan fingerprint density at radius 2 is 2.19 bits per heavy atom. The first-order valence-electron chi connectivity index (χ1n) is 4.99. The van der Waals surface area contributed by atoms with Crippen molar-refractivity contribution in [1.29, 1.82) is 0 Å². The van der Waals surface area contributed by atoms with Crippen LogP contribution in [0.2, 0.25) is 10.2 Å². The first-order valence-corrected chi connectivity index (χ1v) is 5.74. The van der Waals surface area contributed by atoms with E-state index in [1.54, 1.807) is 0 Å². The Morgan fingerprint density at radius 3 is 2.81 bits per heavy atom. The molecule has 0 aromatic carbocycles. The topological polar surface area (TPSA) is 39.2 Å². The number of halogens is 2. The maximum absolute atomic E-state index is 11.6. The van der Waals surface area contributed by atoms with E-state index >= 15 is 0 Å². The van der Waals surface area contributed by atoms with E-state index in [1.807, 2.05) is 0 Å². The smallest absolute Gasteiger partial charge is 0.339 e. The second-order valence-electron chi connectivity index (χ2n) is 3.81. The number of pyridine rings is 1. The number of ether oxygens (including phenoxy) is 1. The zero-order valence-electron chi connectivity index (χ0n) is 9.17. The van der Waals surface area contributed by atoms with E-state index in [0.717, 1.165) is 6.42 Å². The van der Waals surface area contributed by atoms with E-state index in [-0.39, 0.29) is 15.7 Å². The lowest BCUT2D eigenvalue weighted by Crippen LogP contribution is -2.09. The van der Waals surface area contributed by atoms with Gasteiger partial charge in [-0.15, -0.1) is 0 Å². The van der Waals surface area contributed by atoms with Crippen molar-refractivity contribution in [3.05, 3.63) is 28.0 Å². The minimum atomic E-state index is -0.463. The minimum absolute atomic E-state index is 0.222. The monoisotopic (exact) mass is 261 g/mol. The zero-order chi connectivity index (χ0) is 12.1. The lowest BCUT2D eigenvalue weighted by Gasteiger charge is -2.07. The van der Waals surface area contributed by atoms with Crippen LogP contribution in [0.25, 0.3) is 0 Å². The molecule has 0 fully saturated rings. The third-order valence-corrected chi connectivity index (χ3v) is 2.48. The van der Waals surface area contributed by atoms with Crippen molar-refractivity contribution in [3.8, 4) is 0 Å². The van der Waals surface area contributed by atoms with Gasteiger partial charge in [-0.25, -0.2) is 9.78 Å². The Bertz CT molecular complexity index is 380. The average molecular weight is 262 g/mol. The van der Waals surface area contributed by atoms with Gasteiger partial charge in [0.1, 0.15) is 5.15 Å². The van der Waals surface area contributed by atoms with Gasteiger partial charge in [0, 0.05) is 6.20 Å². The van der Waals surface area contributed by atoms with Gasteiger partial charge in [-0.1, -0.05) is 37.0 Å². The highest BCUT2D eigenvalue weighted by molar-refractivity contribution is 6.34. The van der Waals surface area contributed by atoms with Crippen molar-refractivity contribution in [2.24, 2.45) is 5.92 Å². The summed E-state index contributed by atoms with van der Waals surface area (Å²) in [6, 6.07) is 1.40. The molecule has 0 aliphatic carbocycles. The summed E-state index contributed by atoms with van der Waals surface area (Å²) in [6.45, 7) is 4.50. The third kappa shape index (κ3) is 3.99. The highest BCUT2D eigenvalue weighted by Gasteiger charge is 2.13. The van der Waals surface area contributed by atoms with Crippen LogP contribution in [0.4, 0.5) is 0 Å². The van der Waals surface area contributed by atoms with Gasteiger partial charge in [0.25, 0.3) is 0 Å². The molecule has 0 spiro atoms. The van der Waals surface area contributed by atoms with E-state index in [4.69, 9.17) is 27.9 Å². The predicted molar refractivity (Wildman–Crippen MR) is 64.0 cm³/mol. The molecule has 88 valence electrons. The Labute approximate surface area is 105 Å². The molecule has 5 heteroatoms. The number of hydrogen-bond donors (Lipinski definition) is 0. The number of carbonyl (C=O) groups is 1. The van der Waals surface area contributed by atoms with Crippen LogP contribution in [0.1, 0.15) is 30.6 Å². The van der Waals surface area contributed by atoms with E-state index in [0.29, 0.717) is 12.5 Å². The van der Waals surface area contributed by atoms with Crippen molar-refractivity contribution >= 4 is 29.2 Å². The quantitative estimate of drug-likeness (QED) is 0.614. The van der Waals surface area contributed by atoms with E-state index < -0.39 is 5.97 Å². The molecule has 0 unspecified atom stereocenters. The van der Waals surface area contributed by atoms with Crippen LogP contribution < -0.4 is 0 Å². The number of hydrogen-bond acceptors (Lipinski definition) is 3. The van der Waals surface area contributed by atoms with Crippen molar-refractivity contribution in [2.75, 3.05) is 6.61 Å². The summed E-state index contributed by atoms with van der Waals surface area (Å²) < 4.78 is 5.06. The fourth-order valence-corrected chi connectivity index (χ4v) is 1.37. The molecule has 0 amide bonds. The van der Waals surface area contributed by atoms with Gasteiger partial charge in [0.05, 0.1) is 17.2 Å². The van der Waals surface area contributed by atoms with Crippen molar-refractivity contribution in [2.45, 2.75) is 20.3 Å². The summed E-state index contributed by atoms with van der Waals surface area (Å²) in [6.07, 6.45) is 2.16. The van der Waals surface area contributed by atoms with Gasteiger partial charge in [0.15, 0.2) is 0 Å². The summed E-state index contributed by atoms with van der Waals surface area (Å²) >= 11 is 11.5. The van der Waals surface area contributed by atoms with Crippen molar-refractivity contribution in [1.82, 2.24) is 4.98 Å². The molecular weight excluding hydrogens is 249 g/mol. The van der Waals surface area contributed by atoms with Gasteiger partial charge in [-0.05, 0) is 18.4 Å².